The molecule has 0 aromatic heterocycles. The number of halogens is 3. The van der Waals surface area contributed by atoms with Gasteiger partial charge in [-0.3, -0.25) is 4.79 Å². The Morgan fingerprint density at radius 3 is 2.41 bits per heavy atom. The lowest BCUT2D eigenvalue weighted by Gasteiger charge is -2.11. The largest absolute Gasteiger partial charge is 0.352 e. The Hall–Kier alpha value is -0.480. The molecule has 0 aliphatic carbocycles. The Bertz CT molecular complexity index is 365. The topological polar surface area (TPSA) is 55.1 Å². The molecule has 1 amide bonds. The molecule has 1 atom stereocenters. The van der Waals surface area contributed by atoms with Crippen molar-refractivity contribution in [1.82, 2.24) is 5.32 Å². The first kappa shape index (κ1) is 16.5. The van der Waals surface area contributed by atoms with E-state index in [1.54, 1.807) is 18.2 Å². The summed E-state index contributed by atoms with van der Waals surface area (Å²) < 4.78 is 0. The molecule has 0 heterocycles. The van der Waals surface area contributed by atoms with Crippen molar-refractivity contribution < 1.29 is 4.79 Å². The van der Waals surface area contributed by atoms with Crippen molar-refractivity contribution in [3.63, 3.8) is 0 Å². The molecule has 0 radical (unpaired) electrons. The van der Waals surface area contributed by atoms with E-state index in [9.17, 15) is 4.79 Å². The van der Waals surface area contributed by atoms with Crippen LogP contribution in [0.15, 0.2) is 18.2 Å². The first-order chi connectivity index (χ1) is 7.56. The summed E-state index contributed by atoms with van der Waals surface area (Å²) >= 11 is 11.8. The lowest BCUT2D eigenvalue weighted by atomic mass is 10.1. The van der Waals surface area contributed by atoms with E-state index < -0.39 is 0 Å². The number of carbonyl (C=O) groups is 1. The quantitative estimate of drug-likeness (QED) is 0.898. The van der Waals surface area contributed by atoms with E-state index >= 15 is 0 Å². The number of amides is 1. The predicted molar refractivity (Wildman–Crippen MR) is 74.3 cm³/mol. The van der Waals surface area contributed by atoms with Gasteiger partial charge in [-0.25, -0.2) is 0 Å². The third kappa shape index (κ3) is 4.72. The molecule has 1 rings (SSSR count). The second-order valence-electron chi connectivity index (χ2n) is 3.65. The van der Waals surface area contributed by atoms with Gasteiger partial charge in [-0.15, -0.1) is 12.4 Å². The molecule has 0 bridgehead atoms. The molecule has 1 aromatic rings. The van der Waals surface area contributed by atoms with Crippen LogP contribution in [0.3, 0.4) is 0 Å². The summed E-state index contributed by atoms with van der Waals surface area (Å²) in [6, 6.07) is 4.97. The number of hydrogen-bond acceptors (Lipinski definition) is 2. The molecule has 0 fully saturated rings. The van der Waals surface area contributed by atoms with Gasteiger partial charge in [-0.1, -0.05) is 36.2 Å². The second-order valence-corrected chi connectivity index (χ2v) is 4.46. The number of nitrogens with two attached hydrogens (primary N) is 1. The monoisotopic (exact) mass is 296 g/mol. The van der Waals surface area contributed by atoms with Crippen LogP contribution in [0.4, 0.5) is 0 Å². The van der Waals surface area contributed by atoms with E-state index in [4.69, 9.17) is 28.9 Å². The first-order valence-corrected chi connectivity index (χ1v) is 5.74. The third-order valence-electron chi connectivity index (χ3n) is 2.20. The maximum absolute atomic E-state index is 11.8. The van der Waals surface area contributed by atoms with Crippen molar-refractivity contribution in [2.75, 3.05) is 13.1 Å². The standard InChI is InChI=1S/C11H14Cl2N2O.ClH/c1-7(5-14)6-15-11(16)10-8(12)3-2-4-9(10)13;/h2-4,7H,5-6,14H2,1H3,(H,15,16);1H. The normalized spacial score (nSPS) is 11.5. The van der Waals surface area contributed by atoms with E-state index in [-0.39, 0.29) is 24.2 Å². The fourth-order valence-electron chi connectivity index (χ4n) is 1.15. The average Bonchev–Trinajstić information content (AvgIpc) is 2.25. The molecular formula is C11H15Cl3N2O. The van der Waals surface area contributed by atoms with Gasteiger partial charge in [0.1, 0.15) is 0 Å². The maximum Gasteiger partial charge on any atom is 0.254 e. The summed E-state index contributed by atoms with van der Waals surface area (Å²) in [6.45, 7) is 2.99. The molecule has 6 heteroatoms. The molecule has 1 aromatic carbocycles. The molecule has 0 saturated carbocycles. The Morgan fingerprint density at radius 1 is 1.41 bits per heavy atom. The van der Waals surface area contributed by atoms with E-state index in [1.807, 2.05) is 6.92 Å². The van der Waals surface area contributed by atoms with Crippen molar-refractivity contribution in [3.05, 3.63) is 33.8 Å². The third-order valence-corrected chi connectivity index (χ3v) is 2.83. The zero-order chi connectivity index (χ0) is 12.1. The van der Waals surface area contributed by atoms with Crippen LogP contribution in [-0.2, 0) is 0 Å². The van der Waals surface area contributed by atoms with Gasteiger partial charge in [-0.2, -0.15) is 0 Å². The SMILES string of the molecule is CC(CN)CNC(=O)c1c(Cl)cccc1Cl.Cl. The van der Waals surface area contributed by atoms with Gasteiger partial charge in [0.25, 0.3) is 5.91 Å². The smallest absolute Gasteiger partial charge is 0.254 e. The van der Waals surface area contributed by atoms with Crippen LogP contribution < -0.4 is 11.1 Å². The molecule has 3 N–H and O–H groups in total. The minimum atomic E-state index is -0.268. The number of benzene rings is 1. The van der Waals surface area contributed by atoms with Crippen molar-refractivity contribution in [2.24, 2.45) is 11.7 Å². The highest BCUT2D eigenvalue weighted by Crippen LogP contribution is 2.23. The number of carbonyl (C=O) groups excluding carboxylic acids is 1. The van der Waals surface area contributed by atoms with E-state index in [2.05, 4.69) is 5.32 Å². The lowest BCUT2D eigenvalue weighted by Crippen LogP contribution is -2.31. The zero-order valence-corrected chi connectivity index (χ0v) is 11.7. The minimum Gasteiger partial charge on any atom is -0.352 e. The summed E-state index contributed by atoms with van der Waals surface area (Å²) in [7, 11) is 0. The Balaban J connectivity index is 0.00000256. The van der Waals surface area contributed by atoms with Crippen molar-refractivity contribution in [1.29, 1.82) is 0 Å². The van der Waals surface area contributed by atoms with Crippen LogP contribution in [0.5, 0.6) is 0 Å². The number of rotatable bonds is 4. The van der Waals surface area contributed by atoms with Crippen LogP contribution in [0, 0.1) is 5.92 Å². The number of hydrogen-bond donors (Lipinski definition) is 2. The summed E-state index contributed by atoms with van der Waals surface area (Å²) in [4.78, 5) is 11.8. The van der Waals surface area contributed by atoms with E-state index in [0.717, 1.165) is 0 Å². The van der Waals surface area contributed by atoms with Crippen LogP contribution in [-0.4, -0.2) is 19.0 Å². The van der Waals surface area contributed by atoms with Gasteiger partial charge in [0.05, 0.1) is 15.6 Å². The molecule has 0 saturated heterocycles. The molecule has 0 aliphatic rings. The fraction of sp³-hybridized carbons (Fsp3) is 0.364. The van der Waals surface area contributed by atoms with E-state index in [0.29, 0.717) is 28.7 Å². The summed E-state index contributed by atoms with van der Waals surface area (Å²) in [5.41, 5.74) is 5.77. The van der Waals surface area contributed by atoms with E-state index in [1.165, 1.54) is 0 Å². The highest BCUT2D eigenvalue weighted by atomic mass is 35.5. The maximum atomic E-state index is 11.8. The minimum absolute atomic E-state index is 0. The van der Waals surface area contributed by atoms with Gasteiger partial charge >= 0.3 is 0 Å². The molecule has 1 unspecified atom stereocenters. The molecule has 0 aliphatic heterocycles. The van der Waals surface area contributed by atoms with Crippen LogP contribution >= 0.6 is 35.6 Å². The van der Waals surface area contributed by atoms with Crippen molar-refractivity contribution >= 4 is 41.5 Å². The average molecular weight is 298 g/mol. The highest BCUT2D eigenvalue weighted by Gasteiger charge is 2.14. The van der Waals surface area contributed by atoms with Crippen LogP contribution in [0.1, 0.15) is 17.3 Å². The summed E-state index contributed by atoms with van der Waals surface area (Å²) in [5, 5.41) is 3.45. The van der Waals surface area contributed by atoms with Gasteiger partial charge in [-0.05, 0) is 24.6 Å². The zero-order valence-electron chi connectivity index (χ0n) is 9.37. The highest BCUT2D eigenvalue weighted by molar-refractivity contribution is 6.39. The predicted octanol–water partition coefficient (Wildman–Crippen LogP) is 2.74. The van der Waals surface area contributed by atoms with Gasteiger partial charge < -0.3 is 11.1 Å². The molecule has 96 valence electrons. The lowest BCUT2D eigenvalue weighted by molar-refractivity contribution is 0.0949. The Kier molecular flexibility index (Phi) is 7.55. The fourth-order valence-corrected chi connectivity index (χ4v) is 1.72. The molecule has 3 nitrogen and oxygen atoms in total. The van der Waals surface area contributed by atoms with Gasteiger partial charge in [0.2, 0.25) is 0 Å². The first-order valence-electron chi connectivity index (χ1n) is 4.98. The Morgan fingerprint density at radius 2 is 1.94 bits per heavy atom. The van der Waals surface area contributed by atoms with Gasteiger partial charge in [0, 0.05) is 6.54 Å². The summed E-state index contributed by atoms with van der Waals surface area (Å²) in [5.74, 6) is -0.0406. The van der Waals surface area contributed by atoms with Crippen LogP contribution in [0.2, 0.25) is 10.0 Å². The number of nitrogens with one attached hydrogen (secondary N) is 1. The molecular weight excluding hydrogens is 282 g/mol. The van der Waals surface area contributed by atoms with Crippen molar-refractivity contribution in [3.8, 4) is 0 Å². The van der Waals surface area contributed by atoms with Gasteiger partial charge in [0.15, 0.2) is 0 Å². The van der Waals surface area contributed by atoms with Crippen LogP contribution in [0.25, 0.3) is 0 Å². The molecule has 17 heavy (non-hydrogen) atoms. The summed E-state index contributed by atoms with van der Waals surface area (Å²) in [6.07, 6.45) is 0. The van der Waals surface area contributed by atoms with Crippen molar-refractivity contribution in [2.45, 2.75) is 6.92 Å². The Labute approximate surface area is 117 Å². The second kappa shape index (κ2) is 7.77. The molecule has 0 spiro atoms.